The lowest BCUT2D eigenvalue weighted by molar-refractivity contribution is -0.144. The molecule has 2 aliphatic heterocycles. The Morgan fingerprint density at radius 1 is 1.31 bits per heavy atom. The third-order valence-electron chi connectivity index (χ3n) is 5.79. The molecule has 2 aliphatic rings. The van der Waals surface area contributed by atoms with Crippen LogP contribution in [-0.4, -0.2) is 55.5 Å². The number of ether oxygens (including phenoxy) is 2. The van der Waals surface area contributed by atoms with Crippen molar-refractivity contribution in [3.05, 3.63) is 29.3 Å². The van der Waals surface area contributed by atoms with Crippen LogP contribution in [0.2, 0.25) is 0 Å². The van der Waals surface area contributed by atoms with Gasteiger partial charge < -0.3 is 25.4 Å². The second kappa shape index (κ2) is 8.82. The monoisotopic (exact) mass is 403 g/mol. The molecule has 0 saturated carbocycles. The van der Waals surface area contributed by atoms with Crippen LogP contribution < -0.4 is 15.8 Å². The van der Waals surface area contributed by atoms with E-state index in [-0.39, 0.29) is 24.7 Å². The predicted molar refractivity (Wildman–Crippen MR) is 106 cm³/mol. The lowest BCUT2D eigenvalue weighted by Gasteiger charge is -2.45. The number of piperidine rings is 1. The first-order chi connectivity index (χ1) is 13.8. The van der Waals surface area contributed by atoms with Crippen LogP contribution in [0.25, 0.3) is 0 Å². The molecule has 1 fully saturated rings. The van der Waals surface area contributed by atoms with Gasteiger partial charge in [0, 0.05) is 26.4 Å². The summed E-state index contributed by atoms with van der Waals surface area (Å²) < 4.78 is 11.6. The number of carbonyl (C=O) groups is 3. The number of hydrogen-bond acceptors (Lipinski definition) is 5. The molecule has 8 nitrogen and oxygen atoms in total. The van der Waals surface area contributed by atoms with Crippen LogP contribution in [0.5, 0.6) is 5.75 Å². The van der Waals surface area contributed by atoms with Gasteiger partial charge in [0.2, 0.25) is 17.7 Å². The maximum Gasteiger partial charge on any atom is 0.245 e. The van der Waals surface area contributed by atoms with E-state index in [0.717, 1.165) is 12.2 Å². The van der Waals surface area contributed by atoms with E-state index in [1.807, 2.05) is 6.07 Å². The van der Waals surface area contributed by atoms with E-state index in [0.29, 0.717) is 32.5 Å². The van der Waals surface area contributed by atoms with Gasteiger partial charge in [-0.25, -0.2) is 0 Å². The second-order valence-electron chi connectivity index (χ2n) is 7.70. The summed E-state index contributed by atoms with van der Waals surface area (Å²) in [6, 6.07) is 5.34. The Balaban J connectivity index is 1.70. The molecule has 1 aromatic rings. The summed E-state index contributed by atoms with van der Waals surface area (Å²) in [6.07, 6.45) is 2.46. The SMILES string of the molecule is COc1ccc2c(c1)CCOC21CCN(C(=O)[C@H](CCC(N)=O)NC(C)=O)CC1. The molecule has 1 aromatic carbocycles. The van der Waals surface area contributed by atoms with Crippen molar-refractivity contribution in [2.45, 2.75) is 50.7 Å². The molecule has 1 atom stereocenters. The van der Waals surface area contributed by atoms with Crippen LogP contribution in [0.3, 0.4) is 0 Å². The third kappa shape index (κ3) is 4.70. The van der Waals surface area contributed by atoms with E-state index in [2.05, 4.69) is 17.4 Å². The molecule has 0 aliphatic carbocycles. The molecule has 0 radical (unpaired) electrons. The largest absolute Gasteiger partial charge is 0.497 e. The van der Waals surface area contributed by atoms with Gasteiger partial charge in [0.15, 0.2) is 0 Å². The van der Waals surface area contributed by atoms with Crippen molar-refractivity contribution < 1.29 is 23.9 Å². The van der Waals surface area contributed by atoms with Gasteiger partial charge in [0.1, 0.15) is 11.8 Å². The maximum atomic E-state index is 12.9. The zero-order valence-corrected chi connectivity index (χ0v) is 17.0. The molecule has 29 heavy (non-hydrogen) atoms. The standard InChI is InChI=1S/C21H29N3O5/c1-14(25)23-18(5-6-19(22)26)20(27)24-10-8-21(9-11-24)17-4-3-16(28-2)13-15(17)7-12-29-21/h3-4,13,18H,5-12H2,1-2H3,(H2,22,26)(H,23,25)/t18-/m0/s1. The molecular formula is C21H29N3O5. The Hall–Kier alpha value is -2.61. The zero-order valence-electron chi connectivity index (χ0n) is 17.0. The summed E-state index contributed by atoms with van der Waals surface area (Å²) in [5, 5.41) is 2.65. The number of benzene rings is 1. The molecule has 0 unspecified atom stereocenters. The number of likely N-dealkylation sites (tertiary alicyclic amines) is 1. The quantitative estimate of drug-likeness (QED) is 0.732. The number of amides is 3. The minimum absolute atomic E-state index is 0.0484. The third-order valence-corrected chi connectivity index (χ3v) is 5.79. The number of primary amides is 1. The van der Waals surface area contributed by atoms with E-state index >= 15 is 0 Å². The number of hydrogen-bond donors (Lipinski definition) is 2. The molecule has 8 heteroatoms. The highest BCUT2D eigenvalue weighted by molar-refractivity contribution is 5.87. The van der Waals surface area contributed by atoms with Crippen LogP contribution in [0.1, 0.15) is 43.7 Å². The van der Waals surface area contributed by atoms with Gasteiger partial charge in [-0.1, -0.05) is 6.07 Å². The van der Waals surface area contributed by atoms with Crippen LogP contribution in [0.15, 0.2) is 18.2 Å². The fourth-order valence-corrected chi connectivity index (χ4v) is 4.29. The summed E-state index contributed by atoms with van der Waals surface area (Å²) in [4.78, 5) is 37.3. The first-order valence-corrected chi connectivity index (χ1v) is 10.0. The van der Waals surface area contributed by atoms with Gasteiger partial charge in [-0.05, 0) is 48.9 Å². The molecular weight excluding hydrogens is 374 g/mol. The van der Waals surface area contributed by atoms with Gasteiger partial charge in [0.05, 0.1) is 19.3 Å². The number of methoxy groups -OCH3 is 1. The highest BCUT2D eigenvalue weighted by atomic mass is 16.5. The van der Waals surface area contributed by atoms with E-state index < -0.39 is 17.6 Å². The summed E-state index contributed by atoms with van der Waals surface area (Å²) in [5.74, 6) is -0.142. The maximum absolute atomic E-state index is 12.9. The summed E-state index contributed by atoms with van der Waals surface area (Å²) in [5.41, 5.74) is 7.21. The Morgan fingerprint density at radius 3 is 2.66 bits per heavy atom. The van der Waals surface area contributed by atoms with Crippen LogP contribution in [0.4, 0.5) is 0 Å². The minimum atomic E-state index is -0.738. The summed E-state index contributed by atoms with van der Waals surface area (Å²) in [6.45, 7) is 3.05. The van der Waals surface area contributed by atoms with Gasteiger partial charge >= 0.3 is 0 Å². The summed E-state index contributed by atoms with van der Waals surface area (Å²) in [7, 11) is 1.66. The lowest BCUT2D eigenvalue weighted by Crippen LogP contribution is -2.54. The van der Waals surface area contributed by atoms with Crippen molar-refractivity contribution in [1.29, 1.82) is 0 Å². The Kier molecular flexibility index (Phi) is 6.42. The van der Waals surface area contributed by atoms with E-state index in [1.54, 1.807) is 12.0 Å². The Labute approximate surface area is 170 Å². The summed E-state index contributed by atoms with van der Waals surface area (Å²) >= 11 is 0. The van der Waals surface area contributed by atoms with Gasteiger partial charge in [-0.2, -0.15) is 0 Å². The van der Waals surface area contributed by atoms with Crippen LogP contribution in [-0.2, 0) is 31.1 Å². The Bertz CT molecular complexity index is 787. The first kappa shape index (κ1) is 21.1. The Morgan fingerprint density at radius 2 is 2.03 bits per heavy atom. The fraction of sp³-hybridized carbons (Fsp3) is 0.571. The van der Waals surface area contributed by atoms with Gasteiger partial charge in [-0.3, -0.25) is 14.4 Å². The number of carbonyl (C=O) groups excluding carboxylic acids is 3. The fourth-order valence-electron chi connectivity index (χ4n) is 4.29. The molecule has 0 aromatic heterocycles. The molecule has 158 valence electrons. The van der Waals surface area contributed by atoms with Crippen molar-refractivity contribution in [3.63, 3.8) is 0 Å². The second-order valence-corrected chi connectivity index (χ2v) is 7.70. The number of nitrogens with two attached hydrogens (primary N) is 1. The van der Waals surface area contributed by atoms with Crippen LogP contribution >= 0.6 is 0 Å². The highest BCUT2D eigenvalue weighted by Crippen LogP contribution is 2.42. The van der Waals surface area contributed by atoms with E-state index in [4.69, 9.17) is 15.2 Å². The van der Waals surface area contributed by atoms with Gasteiger partial charge in [-0.15, -0.1) is 0 Å². The zero-order chi connectivity index (χ0) is 21.0. The number of rotatable bonds is 6. The van der Waals surface area contributed by atoms with Crippen molar-refractivity contribution >= 4 is 17.7 Å². The van der Waals surface area contributed by atoms with Crippen molar-refractivity contribution in [2.24, 2.45) is 5.73 Å². The average molecular weight is 403 g/mol. The molecule has 1 saturated heterocycles. The number of fused-ring (bicyclic) bond motifs is 2. The van der Waals surface area contributed by atoms with Gasteiger partial charge in [0.25, 0.3) is 0 Å². The highest BCUT2D eigenvalue weighted by Gasteiger charge is 2.42. The predicted octanol–water partition coefficient (Wildman–Crippen LogP) is 0.856. The minimum Gasteiger partial charge on any atom is -0.497 e. The number of nitrogens with one attached hydrogen (secondary N) is 1. The smallest absolute Gasteiger partial charge is 0.245 e. The lowest BCUT2D eigenvalue weighted by atomic mass is 9.79. The van der Waals surface area contributed by atoms with E-state index in [1.165, 1.54) is 18.1 Å². The molecule has 2 heterocycles. The molecule has 1 spiro atoms. The van der Waals surface area contributed by atoms with Crippen LogP contribution in [0, 0.1) is 0 Å². The van der Waals surface area contributed by atoms with Crippen molar-refractivity contribution in [2.75, 3.05) is 26.8 Å². The molecule has 3 N–H and O–H groups in total. The topological polar surface area (TPSA) is 111 Å². The average Bonchev–Trinajstić information content (AvgIpc) is 2.70. The van der Waals surface area contributed by atoms with E-state index in [9.17, 15) is 14.4 Å². The number of nitrogens with zero attached hydrogens (tertiary/aromatic N) is 1. The van der Waals surface area contributed by atoms with Crippen molar-refractivity contribution in [3.8, 4) is 5.75 Å². The molecule has 3 amide bonds. The normalized spacial score (nSPS) is 18.6. The first-order valence-electron chi connectivity index (χ1n) is 10.0. The van der Waals surface area contributed by atoms with Crippen molar-refractivity contribution in [1.82, 2.24) is 10.2 Å². The molecule has 3 rings (SSSR count). The molecule has 0 bridgehead atoms.